The first kappa shape index (κ1) is 21.8. The van der Waals surface area contributed by atoms with E-state index in [2.05, 4.69) is 15.0 Å². The lowest BCUT2D eigenvalue weighted by Gasteiger charge is -2.18. The molecule has 4 rings (SSSR count). The van der Waals surface area contributed by atoms with Gasteiger partial charge in [0.1, 0.15) is 5.65 Å². The van der Waals surface area contributed by atoms with Crippen molar-refractivity contribution in [2.24, 2.45) is 0 Å². The third-order valence-corrected chi connectivity index (χ3v) is 5.19. The van der Waals surface area contributed by atoms with Crippen LogP contribution in [0.5, 0.6) is 5.75 Å². The molecule has 0 spiro atoms. The summed E-state index contributed by atoms with van der Waals surface area (Å²) < 4.78 is 25.2. The molecule has 9 heteroatoms. The van der Waals surface area contributed by atoms with Gasteiger partial charge in [0.2, 0.25) is 0 Å². The maximum Gasteiger partial charge on any atom is 0.411 e. The van der Waals surface area contributed by atoms with Crippen molar-refractivity contribution in [1.82, 2.24) is 9.38 Å². The first-order valence-electron chi connectivity index (χ1n) is 9.95. The fourth-order valence-corrected chi connectivity index (χ4v) is 3.38. The number of pyridine rings is 1. The van der Waals surface area contributed by atoms with Crippen LogP contribution in [0.25, 0.3) is 16.9 Å². The normalized spacial score (nSPS) is 10.7. The number of halogens is 1. The highest BCUT2D eigenvalue weighted by Gasteiger charge is 2.17. The summed E-state index contributed by atoms with van der Waals surface area (Å²) in [6.07, 6.45) is 2.86. The van der Waals surface area contributed by atoms with Crippen LogP contribution in [0, 0.1) is 5.82 Å². The molecule has 0 fully saturated rings. The summed E-state index contributed by atoms with van der Waals surface area (Å²) in [6.45, 7) is 0. The van der Waals surface area contributed by atoms with Gasteiger partial charge in [-0.15, -0.1) is 0 Å². The van der Waals surface area contributed by atoms with Gasteiger partial charge in [-0.05, 0) is 36.4 Å². The van der Waals surface area contributed by atoms with E-state index in [0.717, 1.165) is 11.3 Å². The zero-order chi connectivity index (χ0) is 23.5. The maximum absolute atomic E-state index is 13.7. The van der Waals surface area contributed by atoms with Crippen LogP contribution in [-0.4, -0.2) is 42.7 Å². The second-order valence-electron chi connectivity index (χ2n) is 7.17. The number of anilines is 2. The lowest BCUT2D eigenvalue weighted by Crippen LogP contribution is -2.26. The molecule has 0 atom stereocenters. The van der Waals surface area contributed by atoms with E-state index in [1.807, 2.05) is 16.5 Å². The fraction of sp³-hybridized carbons (Fsp3) is 0.125. The summed E-state index contributed by atoms with van der Waals surface area (Å²) in [5.74, 6) is -0.716. The van der Waals surface area contributed by atoms with Gasteiger partial charge in [-0.1, -0.05) is 12.1 Å². The fourth-order valence-electron chi connectivity index (χ4n) is 3.38. The summed E-state index contributed by atoms with van der Waals surface area (Å²) in [5, 5.41) is 2.60. The standard InChI is InChI=1S/C24H21FN4O4/c1-28(18-9-10-19(25)21(12-18)32-2)23(30)16-6-11-22-26-13-20(29(22)14-16)15-4-7-17(8-5-15)27-24(31)33-3/h4-14H,1-3H3,(H,27,31). The van der Waals surface area contributed by atoms with Gasteiger partial charge in [0.15, 0.2) is 11.6 Å². The molecule has 0 saturated carbocycles. The minimum absolute atomic E-state index is 0.0598. The number of ether oxygens (including phenoxy) is 2. The molecule has 0 bridgehead atoms. The Kier molecular flexibility index (Phi) is 5.95. The number of fused-ring (bicyclic) bond motifs is 1. The van der Waals surface area contributed by atoms with Crippen LogP contribution in [0.3, 0.4) is 0 Å². The maximum atomic E-state index is 13.7. The quantitative estimate of drug-likeness (QED) is 0.482. The highest BCUT2D eigenvalue weighted by atomic mass is 19.1. The van der Waals surface area contributed by atoms with Crippen molar-refractivity contribution < 1.29 is 23.5 Å². The molecular weight excluding hydrogens is 427 g/mol. The smallest absolute Gasteiger partial charge is 0.411 e. The van der Waals surface area contributed by atoms with Crippen molar-refractivity contribution >= 4 is 29.0 Å². The van der Waals surface area contributed by atoms with Gasteiger partial charge < -0.3 is 14.4 Å². The molecule has 2 aromatic heterocycles. The molecule has 168 valence electrons. The average molecular weight is 448 g/mol. The molecule has 1 N–H and O–H groups in total. The summed E-state index contributed by atoms with van der Waals surface area (Å²) >= 11 is 0. The van der Waals surface area contributed by atoms with Crippen molar-refractivity contribution in [3.05, 3.63) is 78.4 Å². The van der Waals surface area contributed by atoms with E-state index < -0.39 is 11.9 Å². The van der Waals surface area contributed by atoms with Crippen LogP contribution >= 0.6 is 0 Å². The Bertz CT molecular complexity index is 1330. The molecule has 0 aliphatic heterocycles. The van der Waals surface area contributed by atoms with E-state index >= 15 is 0 Å². The number of carbonyl (C=O) groups is 2. The number of carbonyl (C=O) groups excluding carboxylic acids is 2. The van der Waals surface area contributed by atoms with E-state index in [-0.39, 0.29) is 11.7 Å². The van der Waals surface area contributed by atoms with Gasteiger partial charge >= 0.3 is 6.09 Å². The molecule has 2 amide bonds. The second kappa shape index (κ2) is 8.99. The SMILES string of the molecule is COC(=O)Nc1ccc(-c2cnc3ccc(C(=O)N(C)c4ccc(F)c(OC)c4)cn23)cc1. The number of methoxy groups -OCH3 is 2. The van der Waals surface area contributed by atoms with E-state index in [9.17, 15) is 14.0 Å². The number of amides is 2. The zero-order valence-electron chi connectivity index (χ0n) is 18.2. The molecule has 33 heavy (non-hydrogen) atoms. The Balaban J connectivity index is 1.64. The highest BCUT2D eigenvalue weighted by molar-refractivity contribution is 6.05. The van der Waals surface area contributed by atoms with E-state index in [0.29, 0.717) is 22.6 Å². The van der Waals surface area contributed by atoms with Crippen molar-refractivity contribution in [2.75, 3.05) is 31.5 Å². The monoisotopic (exact) mass is 448 g/mol. The lowest BCUT2D eigenvalue weighted by atomic mass is 10.1. The van der Waals surface area contributed by atoms with Crippen molar-refractivity contribution in [1.29, 1.82) is 0 Å². The lowest BCUT2D eigenvalue weighted by molar-refractivity contribution is 0.0992. The molecular formula is C24H21FN4O4. The van der Waals surface area contributed by atoms with Gasteiger partial charge in [-0.2, -0.15) is 0 Å². The third kappa shape index (κ3) is 4.33. The van der Waals surface area contributed by atoms with Crippen molar-refractivity contribution in [3.63, 3.8) is 0 Å². The number of aromatic nitrogens is 2. The Morgan fingerprint density at radius 2 is 1.82 bits per heavy atom. The molecule has 0 aliphatic carbocycles. The van der Waals surface area contributed by atoms with Gasteiger partial charge in [0.25, 0.3) is 5.91 Å². The zero-order valence-corrected chi connectivity index (χ0v) is 18.2. The van der Waals surface area contributed by atoms with Crippen molar-refractivity contribution in [2.45, 2.75) is 0 Å². The van der Waals surface area contributed by atoms with Crippen LogP contribution in [0.15, 0.2) is 67.0 Å². The first-order valence-corrected chi connectivity index (χ1v) is 9.95. The number of rotatable bonds is 5. The molecule has 2 aromatic carbocycles. The number of benzene rings is 2. The Hall–Kier alpha value is -4.40. The van der Waals surface area contributed by atoms with Crippen LogP contribution in [0.2, 0.25) is 0 Å². The predicted molar refractivity (Wildman–Crippen MR) is 122 cm³/mol. The predicted octanol–water partition coefficient (Wildman–Crippen LogP) is 4.60. The van der Waals surface area contributed by atoms with Crippen LogP contribution < -0.4 is 15.0 Å². The van der Waals surface area contributed by atoms with Gasteiger partial charge in [-0.25, -0.2) is 14.2 Å². The summed E-state index contributed by atoms with van der Waals surface area (Å²) in [6, 6.07) is 14.8. The van der Waals surface area contributed by atoms with Crippen LogP contribution in [-0.2, 0) is 4.74 Å². The molecule has 0 unspecified atom stereocenters. The number of imidazole rings is 1. The topological polar surface area (TPSA) is 85.2 Å². The highest BCUT2D eigenvalue weighted by Crippen LogP contribution is 2.26. The number of nitrogens with zero attached hydrogens (tertiary/aromatic N) is 3. The largest absolute Gasteiger partial charge is 0.494 e. The average Bonchev–Trinajstić information content (AvgIpc) is 3.27. The van der Waals surface area contributed by atoms with Crippen LogP contribution in [0.4, 0.5) is 20.6 Å². The minimum atomic E-state index is -0.552. The summed E-state index contributed by atoms with van der Waals surface area (Å²) in [5.41, 5.74) is 3.81. The number of nitrogens with one attached hydrogen (secondary N) is 1. The van der Waals surface area contributed by atoms with Gasteiger partial charge in [0.05, 0.1) is 31.7 Å². The summed E-state index contributed by atoms with van der Waals surface area (Å²) in [7, 11) is 4.28. The van der Waals surface area contributed by atoms with E-state index in [1.165, 1.54) is 37.3 Å². The van der Waals surface area contributed by atoms with E-state index in [4.69, 9.17) is 4.74 Å². The Labute approximate surface area is 189 Å². The van der Waals surface area contributed by atoms with Gasteiger partial charge in [-0.3, -0.25) is 14.5 Å². The molecule has 2 heterocycles. The third-order valence-electron chi connectivity index (χ3n) is 5.19. The number of hydrogen-bond donors (Lipinski definition) is 1. The molecule has 0 saturated heterocycles. The second-order valence-corrected chi connectivity index (χ2v) is 7.17. The van der Waals surface area contributed by atoms with Crippen LogP contribution in [0.1, 0.15) is 10.4 Å². The molecule has 0 aliphatic rings. The Morgan fingerprint density at radius 1 is 1.06 bits per heavy atom. The first-order chi connectivity index (χ1) is 15.9. The molecule has 8 nitrogen and oxygen atoms in total. The van der Waals surface area contributed by atoms with Gasteiger partial charge in [0, 0.05) is 36.2 Å². The van der Waals surface area contributed by atoms with Crippen molar-refractivity contribution in [3.8, 4) is 17.0 Å². The number of hydrogen-bond acceptors (Lipinski definition) is 5. The Morgan fingerprint density at radius 3 is 2.52 bits per heavy atom. The minimum Gasteiger partial charge on any atom is -0.494 e. The van der Waals surface area contributed by atoms with E-state index in [1.54, 1.807) is 43.7 Å². The molecule has 4 aromatic rings. The molecule has 0 radical (unpaired) electrons. The summed E-state index contributed by atoms with van der Waals surface area (Å²) in [4.78, 5) is 30.3.